The molecule has 0 atom stereocenters. The third-order valence-corrected chi connectivity index (χ3v) is 5.26. The summed E-state index contributed by atoms with van der Waals surface area (Å²) in [6.45, 7) is 1.94. The minimum Gasteiger partial charge on any atom is -0.462 e. The first-order valence-corrected chi connectivity index (χ1v) is 9.64. The van der Waals surface area contributed by atoms with Crippen LogP contribution in [-0.4, -0.2) is 37.2 Å². The monoisotopic (exact) mass is 423 g/mol. The molecule has 0 unspecified atom stereocenters. The molecule has 1 aliphatic heterocycles. The average Bonchev–Trinajstić information content (AvgIpc) is 3.40. The molecule has 1 aliphatic rings. The van der Waals surface area contributed by atoms with Crippen molar-refractivity contribution in [1.82, 2.24) is 4.98 Å². The van der Waals surface area contributed by atoms with Crippen LogP contribution in [0, 0.1) is 0 Å². The number of anilines is 2. The molecule has 4 rings (SSSR count). The van der Waals surface area contributed by atoms with E-state index < -0.39 is 17.6 Å². The molecule has 10 heteroatoms. The number of rotatable bonds is 4. The molecule has 0 bridgehead atoms. The molecule has 0 spiro atoms. The second-order valence-electron chi connectivity index (χ2n) is 6.30. The van der Waals surface area contributed by atoms with Crippen LogP contribution in [-0.2, 0) is 10.9 Å². The number of amides is 1. The number of aromatic nitrogens is 1. The van der Waals surface area contributed by atoms with Gasteiger partial charge in [0.15, 0.2) is 10.8 Å². The van der Waals surface area contributed by atoms with Crippen molar-refractivity contribution in [2.45, 2.75) is 6.18 Å². The molecule has 3 aromatic rings. The molecule has 152 valence electrons. The summed E-state index contributed by atoms with van der Waals surface area (Å²) in [5.74, 6) is -0.233. The first kappa shape index (κ1) is 19.5. The summed E-state index contributed by atoms with van der Waals surface area (Å²) in [4.78, 5) is 18.4. The van der Waals surface area contributed by atoms with E-state index in [2.05, 4.69) is 10.3 Å². The van der Waals surface area contributed by atoms with E-state index in [9.17, 15) is 18.0 Å². The van der Waals surface area contributed by atoms with Crippen molar-refractivity contribution in [2.24, 2.45) is 0 Å². The number of furan rings is 1. The van der Waals surface area contributed by atoms with Crippen molar-refractivity contribution in [3.05, 3.63) is 53.2 Å². The fourth-order valence-corrected chi connectivity index (χ4v) is 3.74. The second kappa shape index (κ2) is 7.88. The SMILES string of the molecule is O=C(Nc1ccc(N2CCOCC2)cc1C(F)(F)F)c1csc(-c2ccco2)n1. The van der Waals surface area contributed by atoms with E-state index in [0.717, 1.165) is 6.07 Å². The van der Waals surface area contributed by atoms with E-state index in [1.807, 2.05) is 4.90 Å². The molecular weight excluding hydrogens is 407 g/mol. The number of carbonyl (C=O) groups excluding carboxylic acids is 1. The Hall–Kier alpha value is -2.85. The summed E-state index contributed by atoms with van der Waals surface area (Å²) >= 11 is 1.17. The van der Waals surface area contributed by atoms with E-state index >= 15 is 0 Å². The van der Waals surface area contributed by atoms with Crippen molar-refractivity contribution in [3.8, 4) is 10.8 Å². The fraction of sp³-hybridized carbons (Fsp3) is 0.263. The van der Waals surface area contributed by atoms with Gasteiger partial charge in [0.25, 0.3) is 5.91 Å². The Kier molecular flexibility index (Phi) is 5.29. The first-order valence-electron chi connectivity index (χ1n) is 8.76. The number of nitrogens with zero attached hydrogens (tertiary/aromatic N) is 2. The van der Waals surface area contributed by atoms with Crippen LogP contribution in [0.3, 0.4) is 0 Å². The predicted octanol–water partition coefficient (Wildman–Crippen LogP) is 4.51. The highest BCUT2D eigenvalue weighted by Crippen LogP contribution is 2.38. The smallest absolute Gasteiger partial charge is 0.418 e. The van der Waals surface area contributed by atoms with Crippen molar-refractivity contribution in [2.75, 3.05) is 36.5 Å². The molecule has 3 heterocycles. The van der Waals surface area contributed by atoms with Crippen LogP contribution in [0.2, 0.25) is 0 Å². The van der Waals surface area contributed by atoms with Crippen LogP contribution in [0.4, 0.5) is 24.5 Å². The first-order chi connectivity index (χ1) is 13.9. The number of halogens is 3. The van der Waals surface area contributed by atoms with Gasteiger partial charge in [0, 0.05) is 24.2 Å². The molecule has 29 heavy (non-hydrogen) atoms. The molecule has 0 radical (unpaired) electrons. The molecule has 0 aliphatic carbocycles. The van der Waals surface area contributed by atoms with Crippen LogP contribution in [0.15, 0.2) is 46.4 Å². The highest BCUT2D eigenvalue weighted by molar-refractivity contribution is 7.13. The highest BCUT2D eigenvalue weighted by Gasteiger charge is 2.35. The average molecular weight is 423 g/mol. The van der Waals surface area contributed by atoms with Crippen molar-refractivity contribution >= 4 is 28.6 Å². The Morgan fingerprint density at radius 3 is 2.69 bits per heavy atom. The maximum Gasteiger partial charge on any atom is 0.418 e. The highest BCUT2D eigenvalue weighted by atomic mass is 32.1. The number of hydrogen-bond donors (Lipinski definition) is 1. The number of benzene rings is 1. The van der Waals surface area contributed by atoms with Gasteiger partial charge in [0.1, 0.15) is 5.69 Å². The summed E-state index contributed by atoms with van der Waals surface area (Å²) in [7, 11) is 0. The van der Waals surface area contributed by atoms with Gasteiger partial charge in [0.05, 0.1) is 30.7 Å². The summed E-state index contributed by atoms with van der Waals surface area (Å²) < 4.78 is 51.3. The van der Waals surface area contributed by atoms with Crippen LogP contribution in [0.1, 0.15) is 16.1 Å². The maximum absolute atomic E-state index is 13.6. The number of nitrogens with one attached hydrogen (secondary N) is 1. The summed E-state index contributed by atoms with van der Waals surface area (Å²) in [6.07, 6.45) is -3.14. The Labute approximate surface area is 167 Å². The van der Waals surface area contributed by atoms with Crippen LogP contribution >= 0.6 is 11.3 Å². The van der Waals surface area contributed by atoms with Gasteiger partial charge in [0.2, 0.25) is 0 Å². The molecule has 1 aromatic carbocycles. The van der Waals surface area contributed by atoms with Crippen LogP contribution < -0.4 is 10.2 Å². The van der Waals surface area contributed by atoms with E-state index in [4.69, 9.17) is 9.15 Å². The second-order valence-corrected chi connectivity index (χ2v) is 7.15. The minimum absolute atomic E-state index is 0.0202. The van der Waals surface area contributed by atoms with Crippen molar-refractivity contribution < 1.29 is 27.1 Å². The predicted molar refractivity (Wildman–Crippen MR) is 102 cm³/mol. The fourth-order valence-electron chi connectivity index (χ4n) is 2.97. The molecule has 1 saturated heterocycles. The molecular formula is C19H16F3N3O3S. The number of ether oxygens (including phenoxy) is 1. The van der Waals surface area contributed by atoms with E-state index in [1.165, 1.54) is 29.0 Å². The zero-order valence-corrected chi connectivity index (χ0v) is 15.8. The molecule has 1 amide bonds. The number of carbonyl (C=O) groups is 1. The van der Waals surface area contributed by atoms with Gasteiger partial charge < -0.3 is 19.4 Å². The van der Waals surface area contributed by atoms with Gasteiger partial charge in [-0.25, -0.2) is 4.98 Å². The van der Waals surface area contributed by atoms with E-state index in [0.29, 0.717) is 42.8 Å². The zero-order valence-electron chi connectivity index (χ0n) is 15.0. The Bertz CT molecular complexity index is 996. The standard InChI is InChI=1S/C19H16F3N3O3S/c20-19(21,22)13-10-12(25-5-8-27-9-6-25)3-4-14(13)23-17(26)15-11-29-18(24-15)16-2-1-7-28-16/h1-4,7,10-11H,5-6,8-9H2,(H,23,26). The largest absolute Gasteiger partial charge is 0.462 e. The normalized spacial score (nSPS) is 14.8. The number of thiazole rings is 1. The van der Waals surface area contributed by atoms with E-state index in [-0.39, 0.29) is 11.4 Å². The lowest BCUT2D eigenvalue weighted by Crippen LogP contribution is -2.36. The number of alkyl halides is 3. The molecule has 2 aromatic heterocycles. The van der Waals surface area contributed by atoms with Crippen molar-refractivity contribution in [1.29, 1.82) is 0 Å². The number of hydrogen-bond acceptors (Lipinski definition) is 6. The lowest BCUT2D eigenvalue weighted by molar-refractivity contribution is -0.136. The van der Waals surface area contributed by atoms with E-state index in [1.54, 1.807) is 18.2 Å². The van der Waals surface area contributed by atoms with Crippen LogP contribution in [0.25, 0.3) is 10.8 Å². The van der Waals surface area contributed by atoms with Gasteiger partial charge in [-0.2, -0.15) is 13.2 Å². The topological polar surface area (TPSA) is 67.6 Å². The third kappa shape index (κ3) is 4.28. The van der Waals surface area contributed by atoms with Crippen molar-refractivity contribution in [3.63, 3.8) is 0 Å². The molecule has 1 N–H and O–H groups in total. The lowest BCUT2D eigenvalue weighted by Gasteiger charge is -2.29. The number of morpholine rings is 1. The summed E-state index contributed by atoms with van der Waals surface area (Å²) in [5.41, 5.74) is -0.762. The van der Waals surface area contributed by atoms with Gasteiger partial charge in [-0.15, -0.1) is 11.3 Å². The van der Waals surface area contributed by atoms with Gasteiger partial charge in [-0.3, -0.25) is 4.79 Å². The van der Waals surface area contributed by atoms with Gasteiger partial charge in [-0.1, -0.05) is 0 Å². The zero-order chi connectivity index (χ0) is 20.4. The summed E-state index contributed by atoms with van der Waals surface area (Å²) in [6, 6.07) is 7.25. The third-order valence-electron chi connectivity index (χ3n) is 4.40. The molecule has 1 fully saturated rings. The quantitative estimate of drug-likeness (QED) is 0.669. The Balaban J connectivity index is 1.58. The molecule has 0 saturated carbocycles. The summed E-state index contributed by atoms with van der Waals surface area (Å²) in [5, 5.41) is 4.28. The van der Waals surface area contributed by atoms with Gasteiger partial charge in [-0.05, 0) is 30.3 Å². The molecule has 6 nitrogen and oxygen atoms in total. The lowest BCUT2D eigenvalue weighted by atomic mass is 10.1. The maximum atomic E-state index is 13.6. The Morgan fingerprint density at radius 2 is 2.00 bits per heavy atom. The minimum atomic E-state index is -4.62. The van der Waals surface area contributed by atoms with Crippen LogP contribution in [0.5, 0.6) is 0 Å². The Morgan fingerprint density at radius 1 is 1.21 bits per heavy atom. The van der Waals surface area contributed by atoms with Gasteiger partial charge >= 0.3 is 6.18 Å².